The number of halogens is 2. The van der Waals surface area contributed by atoms with Gasteiger partial charge in [-0.2, -0.15) is 0 Å². The van der Waals surface area contributed by atoms with E-state index in [9.17, 15) is 9.18 Å². The molecule has 1 heterocycles. The summed E-state index contributed by atoms with van der Waals surface area (Å²) < 4.78 is 14.0. The first-order chi connectivity index (χ1) is 15.4. The van der Waals surface area contributed by atoms with Crippen LogP contribution in [0.5, 0.6) is 0 Å². The molecule has 7 heteroatoms. The Balaban J connectivity index is 1.32. The summed E-state index contributed by atoms with van der Waals surface area (Å²) in [7, 11) is 4.08. The van der Waals surface area contributed by atoms with Gasteiger partial charge in [-0.25, -0.2) is 9.37 Å². The van der Waals surface area contributed by atoms with E-state index in [1.54, 1.807) is 6.07 Å². The highest BCUT2D eigenvalue weighted by atomic mass is 35.5. The first-order valence-electron chi connectivity index (χ1n) is 11.0. The van der Waals surface area contributed by atoms with Crippen LogP contribution in [0.1, 0.15) is 36.0 Å². The van der Waals surface area contributed by atoms with Crippen molar-refractivity contribution in [3.05, 3.63) is 64.9 Å². The maximum atomic E-state index is 14.0. The van der Waals surface area contributed by atoms with E-state index >= 15 is 0 Å². The number of benzene rings is 2. The molecule has 32 heavy (non-hydrogen) atoms. The molecule has 168 valence electrons. The third kappa shape index (κ3) is 4.96. The van der Waals surface area contributed by atoms with Crippen LogP contribution < -0.4 is 15.5 Å². The molecule has 1 aliphatic carbocycles. The Hall–Kier alpha value is -2.86. The maximum Gasteiger partial charge on any atom is 0.254 e. The predicted octanol–water partition coefficient (Wildman–Crippen LogP) is 5.49. The standard InChI is InChI=1S/C25H28ClFN4O/c1-31(2)22-14-23(30-21-9-4-3-6-18(21)22)29-17-12-10-16(11-13-17)15-28-25(32)19-7-5-8-20(26)24(19)27/h3-9,14,16-17H,10-13,15H2,1-2H3,(H,28,32)(H,29,30). The zero-order valence-corrected chi connectivity index (χ0v) is 19.1. The van der Waals surface area contributed by atoms with Crippen LogP contribution in [0.2, 0.25) is 5.02 Å². The molecule has 0 aliphatic heterocycles. The Labute approximate surface area is 193 Å². The molecule has 0 spiro atoms. The van der Waals surface area contributed by atoms with Crippen molar-refractivity contribution >= 4 is 39.9 Å². The highest BCUT2D eigenvalue weighted by molar-refractivity contribution is 6.31. The number of pyridine rings is 1. The summed E-state index contributed by atoms with van der Waals surface area (Å²) in [5.74, 6) is 0.183. The third-order valence-corrected chi connectivity index (χ3v) is 6.41. The quantitative estimate of drug-likeness (QED) is 0.516. The van der Waals surface area contributed by atoms with Crippen molar-refractivity contribution < 1.29 is 9.18 Å². The molecule has 0 bridgehead atoms. The minimum Gasteiger partial charge on any atom is -0.377 e. The zero-order chi connectivity index (χ0) is 22.7. The summed E-state index contributed by atoms with van der Waals surface area (Å²) in [6.45, 7) is 0.538. The van der Waals surface area contributed by atoms with E-state index < -0.39 is 11.7 Å². The number of para-hydroxylation sites is 1. The number of aromatic nitrogens is 1. The summed E-state index contributed by atoms with van der Waals surface area (Å²) in [4.78, 5) is 19.2. The Kier molecular flexibility index (Phi) is 6.80. The Morgan fingerprint density at radius 2 is 1.88 bits per heavy atom. The van der Waals surface area contributed by atoms with Gasteiger partial charge in [-0.3, -0.25) is 4.79 Å². The molecule has 0 radical (unpaired) electrons. The van der Waals surface area contributed by atoms with E-state index in [0.717, 1.165) is 48.1 Å². The Bertz CT molecular complexity index is 1110. The number of carbonyl (C=O) groups excluding carboxylic acids is 1. The molecular formula is C25H28ClFN4O. The molecule has 1 aromatic heterocycles. The molecule has 5 nitrogen and oxygen atoms in total. The van der Waals surface area contributed by atoms with Gasteiger partial charge < -0.3 is 15.5 Å². The van der Waals surface area contributed by atoms with E-state index in [-0.39, 0.29) is 10.6 Å². The average molecular weight is 455 g/mol. The summed E-state index contributed by atoms with van der Waals surface area (Å²) >= 11 is 5.78. The van der Waals surface area contributed by atoms with Gasteiger partial charge in [0, 0.05) is 43.8 Å². The third-order valence-electron chi connectivity index (χ3n) is 6.12. The van der Waals surface area contributed by atoms with Gasteiger partial charge in [-0.05, 0) is 49.8 Å². The van der Waals surface area contributed by atoms with E-state index in [1.165, 1.54) is 12.1 Å². The normalized spacial score (nSPS) is 18.4. The molecule has 0 unspecified atom stereocenters. The predicted molar refractivity (Wildman–Crippen MR) is 129 cm³/mol. The molecule has 2 aromatic carbocycles. The van der Waals surface area contributed by atoms with Gasteiger partial charge in [0.2, 0.25) is 0 Å². The average Bonchev–Trinajstić information content (AvgIpc) is 2.79. The second kappa shape index (κ2) is 9.74. The highest BCUT2D eigenvalue weighted by Gasteiger charge is 2.23. The van der Waals surface area contributed by atoms with Crippen molar-refractivity contribution in [1.29, 1.82) is 0 Å². The summed E-state index contributed by atoms with van der Waals surface area (Å²) in [5, 5.41) is 7.57. The van der Waals surface area contributed by atoms with Crippen LogP contribution in [0.15, 0.2) is 48.5 Å². The smallest absolute Gasteiger partial charge is 0.254 e. The monoisotopic (exact) mass is 454 g/mol. The molecular weight excluding hydrogens is 427 g/mol. The van der Waals surface area contributed by atoms with Crippen LogP contribution >= 0.6 is 11.6 Å². The minimum atomic E-state index is -0.667. The lowest BCUT2D eigenvalue weighted by atomic mass is 9.86. The van der Waals surface area contributed by atoms with Crippen LogP contribution in [0.3, 0.4) is 0 Å². The molecule has 0 atom stereocenters. The summed E-state index contributed by atoms with van der Waals surface area (Å²) in [6, 6.07) is 15.1. The summed E-state index contributed by atoms with van der Waals surface area (Å²) in [6.07, 6.45) is 3.98. The van der Waals surface area contributed by atoms with Gasteiger partial charge >= 0.3 is 0 Å². The van der Waals surface area contributed by atoms with Gasteiger partial charge in [-0.1, -0.05) is 35.9 Å². The first-order valence-corrected chi connectivity index (χ1v) is 11.4. The van der Waals surface area contributed by atoms with Gasteiger partial charge in [-0.15, -0.1) is 0 Å². The number of nitrogens with one attached hydrogen (secondary N) is 2. The lowest BCUT2D eigenvalue weighted by molar-refractivity contribution is 0.0939. The number of amides is 1. The lowest BCUT2D eigenvalue weighted by Gasteiger charge is -2.30. The van der Waals surface area contributed by atoms with Crippen molar-refractivity contribution in [2.45, 2.75) is 31.7 Å². The van der Waals surface area contributed by atoms with Gasteiger partial charge in [0.25, 0.3) is 5.91 Å². The highest BCUT2D eigenvalue weighted by Crippen LogP contribution is 2.30. The van der Waals surface area contributed by atoms with Crippen LogP contribution in [0.4, 0.5) is 15.9 Å². The Morgan fingerprint density at radius 1 is 1.12 bits per heavy atom. The molecule has 1 fully saturated rings. The topological polar surface area (TPSA) is 57.3 Å². The van der Waals surface area contributed by atoms with E-state index in [2.05, 4.69) is 27.7 Å². The lowest BCUT2D eigenvalue weighted by Crippen LogP contribution is -2.34. The fourth-order valence-electron chi connectivity index (χ4n) is 4.33. The number of rotatable bonds is 6. The summed E-state index contributed by atoms with van der Waals surface area (Å²) in [5.41, 5.74) is 2.11. The molecule has 4 rings (SSSR count). The fourth-order valence-corrected chi connectivity index (χ4v) is 4.51. The molecule has 0 saturated heterocycles. The zero-order valence-electron chi connectivity index (χ0n) is 18.4. The van der Waals surface area contributed by atoms with Crippen LogP contribution in [-0.4, -0.2) is 37.6 Å². The van der Waals surface area contributed by atoms with Crippen LogP contribution in [-0.2, 0) is 0 Å². The van der Waals surface area contributed by atoms with E-state index in [1.807, 2.05) is 32.3 Å². The fraction of sp³-hybridized carbons (Fsp3) is 0.360. The van der Waals surface area contributed by atoms with Crippen molar-refractivity contribution in [2.24, 2.45) is 5.92 Å². The molecule has 1 aliphatic rings. The maximum absolute atomic E-state index is 14.0. The SMILES string of the molecule is CN(C)c1cc(NC2CCC(CNC(=O)c3cccc(Cl)c3F)CC2)nc2ccccc12. The number of hydrogen-bond donors (Lipinski definition) is 2. The van der Waals surface area contributed by atoms with E-state index in [4.69, 9.17) is 16.6 Å². The Morgan fingerprint density at radius 3 is 2.62 bits per heavy atom. The van der Waals surface area contributed by atoms with Crippen molar-refractivity contribution in [3.63, 3.8) is 0 Å². The van der Waals surface area contributed by atoms with Gasteiger partial charge in [0.15, 0.2) is 5.82 Å². The van der Waals surface area contributed by atoms with Gasteiger partial charge in [0.05, 0.1) is 16.1 Å². The first kappa shape index (κ1) is 22.3. The molecule has 2 N–H and O–H groups in total. The molecule has 3 aromatic rings. The number of anilines is 2. The van der Waals surface area contributed by atoms with Crippen molar-refractivity contribution in [3.8, 4) is 0 Å². The number of fused-ring (bicyclic) bond motifs is 1. The largest absolute Gasteiger partial charge is 0.377 e. The molecule has 1 amide bonds. The van der Waals surface area contributed by atoms with Crippen LogP contribution in [0, 0.1) is 11.7 Å². The van der Waals surface area contributed by atoms with Crippen LogP contribution in [0.25, 0.3) is 10.9 Å². The molecule has 1 saturated carbocycles. The number of carbonyl (C=O) groups is 1. The van der Waals surface area contributed by atoms with Crippen molar-refractivity contribution in [2.75, 3.05) is 30.9 Å². The number of hydrogen-bond acceptors (Lipinski definition) is 4. The minimum absolute atomic E-state index is 0.00747. The van der Waals surface area contributed by atoms with E-state index in [0.29, 0.717) is 18.5 Å². The van der Waals surface area contributed by atoms with Crippen molar-refractivity contribution in [1.82, 2.24) is 10.3 Å². The number of nitrogens with zero attached hydrogens (tertiary/aromatic N) is 2. The second-order valence-electron chi connectivity index (χ2n) is 8.61. The second-order valence-corrected chi connectivity index (χ2v) is 9.02. The van der Waals surface area contributed by atoms with Gasteiger partial charge in [0.1, 0.15) is 5.82 Å².